The van der Waals surface area contributed by atoms with Gasteiger partial charge in [-0.3, -0.25) is 19.0 Å². The van der Waals surface area contributed by atoms with Crippen LogP contribution in [0.1, 0.15) is 37.7 Å². The first kappa shape index (κ1) is 22.5. The van der Waals surface area contributed by atoms with Gasteiger partial charge in [0.25, 0.3) is 5.56 Å². The molecule has 3 N–H and O–H groups in total. The zero-order valence-electron chi connectivity index (χ0n) is 18.6. The molecular formula is C25H28N4O4. The number of carbonyl (C=O) groups excluding carboxylic acids is 2. The molecule has 2 aromatic heterocycles. The van der Waals surface area contributed by atoms with Crippen molar-refractivity contribution in [1.29, 1.82) is 0 Å². The molecule has 33 heavy (non-hydrogen) atoms. The average molecular weight is 449 g/mol. The van der Waals surface area contributed by atoms with E-state index in [0.29, 0.717) is 23.9 Å². The van der Waals surface area contributed by atoms with Crippen molar-refractivity contribution in [2.24, 2.45) is 18.9 Å². The molecule has 0 saturated heterocycles. The molecule has 4 rings (SSSR count). The van der Waals surface area contributed by atoms with E-state index >= 15 is 0 Å². The number of anilines is 2. The number of aryl methyl sites for hydroxylation is 1. The molecule has 1 fully saturated rings. The van der Waals surface area contributed by atoms with E-state index in [1.807, 2.05) is 30.3 Å². The molecule has 0 spiro atoms. The molecule has 0 aliphatic heterocycles. The number of nitrogens with one attached hydrogen (secondary N) is 1. The lowest BCUT2D eigenvalue weighted by Gasteiger charge is -2.28. The number of aromatic nitrogens is 2. The lowest BCUT2D eigenvalue weighted by molar-refractivity contribution is -0.146. The minimum atomic E-state index is -0.399. The van der Waals surface area contributed by atoms with Crippen LogP contribution in [-0.2, 0) is 28.0 Å². The summed E-state index contributed by atoms with van der Waals surface area (Å²) >= 11 is 0. The maximum absolute atomic E-state index is 13.0. The van der Waals surface area contributed by atoms with E-state index < -0.39 is 5.56 Å². The molecule has 1 aliphatic carbocycles. The smallest absolute Gasteiger partial charge is 0.306 e. The third kappa shape index (κ3) is 5.05. The highest BCUT2D eigenvalue weighted by Crippen LogP contribution is 2.33. The third-order valence-corrected chi connectivity index (χ3v) is 6.28. The van der Waals surface area contributed by atoms with Crippen LogP contribution in [0.4, 0.5) is 11.4 Å². The van der Waals surface area contributed by atoms with E-state index in [1.54, 1.807) is 25.4 Å². The van der Waals surface area contributed by atoms with Gasteiger partial charge in [-0.25, -0.2) is 4.98 Å². The molecule has 2 atom stereocenters. The summed E-state index contributed by atoms with van der Waals surface area (Å²) in [6.45, 7) is 0.246. The number of benzene rings is 1. The van der Waals surface area contributed by atoms with Crippen LogP contribution in [0.15, 0.2) is 53.5 Å². The molecule has 8 nitrogen and oxygen atoms in total. The van der Waals surface area contributed by atoms with Crippen LogP contribution in [0.2, 0.25) is 0 Å². The van der Waals surface area contributed by atoms with E-state index in [-0.39, 0.29) is 48.1 Å². The molecule has 0 radical (unpaired) electrons. The molecule has 3 aromatic rings. The summed E-state index contributed by atoms with van der Waals surface area (Å²) < 4.78 is 6.78. The predicted molar refractivity (Wildman–Crippen MR) is 126 cm³/mol. The van der Waals surface area contributed by atoms with Crippen LogP contribution in [0.5, 0.6) is 0 Å². The molecule has 2 heterocycles. The molecule has 1 aromatic carbocycles. The van der Waals surface area contributed by atoms with Crippen LogP contribution < -0.4 is 16.6 Å². The molecule has 8 heteroatoms. The molecule has 1 saturated carbocycles. The van der Waals surface area contributed by atoms with Gasteiger partial charge in [0.15, 0.2) is 0 Å². The highest BCUT2D eigenvalue weighted by Gasteiger charge is 2.30. The van der Waals surface area contributed by atoms with E-state index in [1.165, 1.54) is 4.57 Å². The summed E-state index contributed by atoms with van der Waals surface area (Å²) in [4.78, 5) is 42.3. The van der Waals surface area contributed by atoms with Gasteiger partial charge >= 0.3 is 5.97 Å². The first-order valence-electron chi connectivity index (χ1n) is 11.2. The second kappa shape index (κ2) is 9.85. The maximum Gasteiger partial charge on any atom is 0.306 e. The van der Waals surface area contributed by atoms with Gasteiger partial charge in [-0.1, -0.05) is 36.8 Å². The van der Waals surface area contributed by atoms with Crippen LogP contribution in [0.3, 0.4) is 0 Å². The Morgan fingerprint density at radius 1 is 1.18 bits per heavy atom. The van der Waals surface area contributed by atoms with Crippen molar-refractivity contribution in [2.75, 3.05) is 11.1 Å². The van der Waals surface area contributed by atoms with Crippen molar-refractivity contribution < 1.29 is 14.3 Å². The van der Waals surface area contributed by atoms with Crippen LogP contribution in [0, 0.1) is 11.8 Å². The van der Waals surface area contributed by atoms with Gasteiger partial charge in [-0.15, -0.1) is 0 Å². The number of pyridine rings is 2. The van der Waals surface area contributed by atoms with Crippen LogP contribution in [0.25, 0.3) is 11.0 Å². The number of hydrogen-bond donors (Lipinski definition) is 2. The topological polar surface area (TPSA) is 116 Å². The Labute approximate surface area is 191 Å². The molecular weight excluding hydrogens is 420 g/mol. The van der Waals surface area contributed by atoms with Crippen LogP contribution in [-0.4, -0.2) is 21.4 Å². The predicted octanol–water partition coefficient (Wildman–Crippen LogP) is 3.39. The Morgan fingerprint density at radius 3 is 2.76 bits per heavy atom. The Balaban J connectivity index is 1.39. The summed E-state index contributed by atoms with van der Waals surface area (Å²) in [5.41, 5.74) is 7.51. The van der Waals surface area contributed by atoms with E-state index in [9.17, 15) is 14.4 Å². The molecule has 2 unspecified atom stereocenters. The first-order valence-corrected chi connectivity index (χ1v) is 11.2. The number of nitrogens with two attached hydrogens (primary N) is 1. The van der Waals surface area contributed by atoms with Crippen molar-refractivity contribution in [2.45, 2.75) is 38.7 Å². The second-order valence-electron chi connectivity index (χ2n) is 8.60. The largest absolute Gasteiger partial charge is 0.461 e. The van der Waals surface area contributed by atoms with Gasteiger partial charge in [0.1, 0.15) is 17.9 Å². The van der Waals surface area contributed by atoms with Gasteiger partial charge in [-0.2, -0.15) is 0 Å². The fourth-order valence-corrected chi connectivity index (χ4v) is 4.48. The summed E-state index contributed by atoms with van der Waals surface area (Å²) in [7, 11) is 1.60. The van der Waals surface area contributed by atoms with E-state index in [4.69, 9.17) is 10.5 Å². The first-order chi connectivity index (χ1) is 15.9. The molecule has 0 bridgehead atoms. The summed E-state index contributed by atoms with van der Waals surface area (Å²) in [6.07, 6.45) is 4.85. The third-order valence-electron chi connectivity index (χ3n) is 6.28. The summed E-state index contributed by atoms with van der Waals surface area (Å²) in [5.74, 6) is -0.729. The van der Waals surface area contributed by atoms with Gasteiger partial charge in [0, 0.05) is 31.0 Å². The van der Waals surface area contributed by atoms with E-state index in [2.05, 4.69) is 10.3 Å². The fourth-order valence-electron chi connectivity index (χ4n) is 4.48. The zero-order valence-corrected chi connectivity index (χ0v) is 18.6. The monoisotopic (exact) mass is 448 g/mol. The number of amides is 1. The normalized spacial score (nSPS) is 18.1. The number of esters is 1. The Hall–Kier alpha value is -3.68. The Kier molecular flexibility index (Phi) is 6.72. The molecule has 1 amide bonds. The highest BCUT2D eigenvalue weighted by molar-refractivity contribution is 6.01. The molecule has 1 aliphatic rings. The average Bonchev–Trinajstić information content (AvgIpc) is 2.84. The number of carbonyl (C=O) groups is 2. The number of hydrogen-bond acceptors (Lipinski definition) is 6. The number of fused-ring (bicyclic) bond motifs is 1. The number of nitrogen functional groups attached to an aromatic ring is 1. The SMILES string of the molecule is Cn1c(=O)c(NC(=O)C2CCCC(CC(=O)OCc3ccccc3)C2)c(N)c2cccnc21. The van der Waals surface area contributed by atoms with Crippen molar-refractivity contribution in [3.8, 4) is 0 Å². The van der Waals surface area contributed by atoms with Crippen molar-refractivity contribution in [1.82, 2.24) is 9.55 Å². The van der Waals surface area contributed by atoms with Crippen molar-refractivity contribution in [3.05, 3.63) is 64.6 Å². The van der Waals surface area contributed by atoms with Gasteiger partial charge < -0.3 is 15.8 Å². The minimum absolute atomic E-state index is 0.0683. The Bertz CT molecular complexity index is 1220. The number of ether oxygens (including phenoxy) is 1. The Morgan fingerprint density at radius 2 is 1.97 bits per heavy atom. The number of rotatable bonds is 6. The number of nitrogens with zero attached hydrogens (tertiary/aromatic N) is 2. The summed E-state index contributed by atoms with van der Waals surface area (Å²) in [6, 6.07) is 13.0. The molecule has 172 valence electrons. The van der Waals surface area contributed by atoms with Crippen molar-refractivity contribution in [3.63, 3.8) is 0 Å². The zero-order chi connectivity index (χ0) is 23.4. The van der Waals surface area contributed by atoms with Crippen LogP contribution >= 0.6 is 0 Å². The van der Waals surface area contributed by atoms with Crippen molar-refractivity contribution >= 4 is 34.3 Å². The fraction of sp³-hybridized carbons (Fsp3) is 0.360. The van der Waals surface area contributed by atoms with Gasteiger partial charge in [0.2, 0.25) is 5.91 Å². The minimum Gasteiger partial charge on any atom is -0.461 e. The quantitative estimate of drug-likeness (QED) is 0.559. The maximum atomic E-state index is 13.0. The standard InChI is InChI=1S/C25H28N4O4/c1-29-23-19(11-6-12-27-23)21(26)22(25(29)32)28-24(31)18-10-5-9-17(13-18)14-20(30)33-15-16-7-3-2-4-8-16/h2-4,6-8,11-12,17-18H,5,9-10,13-15,26H2,1H3,(H,28,31). The second-order valence-corrected chi connectivity index (χ2v) is 8.60. The van der Waals surface area contributed by atoms with Gasteiger partial charge in [0.05, 0.1) is 5.69 Å². The van der Waals surface area contributed by atoms with E-state index in [0.717, 1.165) is 18.4 Å². The lowest BCUT2D eigenvalue weighted by Crippen LogP contribution is -2.32. The van der Waals surface area contributed by atoms with Gasteiger partial charge in [-0.05, 0) is 42.9 Å². The summed E-state index contributed by atoms with van der Waals surface area (Å²) in [5, 5.41) is 3.37. The highest BCUT2D eigenvalue weighted by atomic mass is 16.5. The lowest BCUT2D eigenvalue weighted by atomic mass is 9.79.